The van der Waals surface area contributed by atoms with Gasteiger partial charge in [0.25, 0.3) is 5.91 Å². The molecule has 1 aliphatic rings. The standard InChI is InChI=1S/C18H26N4OS/c1-20(2)8-3-9-21-12-7-19-17(21)15-4-10-22(11-5-15)18(23)16-6-13-24-14-16/h6-7,12-15H,3-5,8-11H2,1-2H3. The summed E-state index contributed by atoms with van der Waals surface area (Å²) in [6.45, 7) is 3.75. The molecule has 0 aliphatic carbocycles. The van der Waals surface area contributed by atoms with E-state index in [0.29, 0.717) is 5.92 Å². The van der Waals surface area contributed by atoms with Crippen molar-refractivity contribution in [3.63, 3.8) is 0 Å². The number of carbonyl (C=O) groups is 1. The zero-order chi connectivity index (χ0) is 16.9. The molecule has 0 bridgehead atoms. The molecule has 0 spiro atoms. The number of aryl methyl sites for hydroxylation is 1. The van der Waals surface area contributed by atoms with Crippen molar-refractivity contribution in [2.75, 3.05) is 33.7 Å². The fraction of sp³-hybridized carbons (Fsp3) is 0.556. The second kappa shape index (κ2) is 7.94. The van der Waals surface area contributed by atoms with E-state index in [0.717, 1.165) is 51.0 Å². The quantitative estimate of drug-likeness (QED) is 0.807. The number of nitrogens with zero attached hydrogens (tertiary/aromatic N) is 4. The molecule has 5 nitrogen and oxygen atoms in total. The fourth-order valence-corrected chi connectivity index (χ4v) is 3.97. The first-order valence-electron chi connectivity index (χ1n) is 8.62. The monoisotopic (exact) mass is 346 g/mol. The average Bonchev–Trinajstić information content (AvgIpc) is 3.26. The molecule has 6 heteroatoms. The minimum Gasteiger partial charge on any atom is -0.339 e. The van der Waals surface area contributed by atoms with Crippen molar-refractivity contribution in [2.45, 2.75) is 31.7 Å². The molecule has 0 atom stereocenters. The van der Waals surface area contributed by atoms with Gasteiger partial charge in [-0.2, -0.15) is 11.3 Å². The van der Waals surface area contributed by atoms with E-state index in [1.165, 1.54) is 5.82 Å². The molecule has 2 aromatic rings. The lowest BCUT2D eigenvalue weighted by Gasteiger charge is -2.31. The van der Waals surface area contributed by atoms with Crippen molar-refractivity contribution in [1.29, 1.82) is 0 Å². The number of amides is 1. The maximum absolute atomic E-state index is 12.4. The Labute approximate surface area is 147 Å². The predicted octanol–water partition coefficient (Wildman–Crippen LogP) is 2.92. The van der Waals surface area contributed by atoms with Gasteiger partial charge < -0.3 is 14.4 Å². The van der Waals surface area contributed by atoms with Gasteiger partial charge in [-0.05, 0) is 51.3 Å². The van der Waals surface area contributed by atoms with Gasteiger partial charge in [-0.3, -0.25) is 4.79 Å². The number of imidazole rings is 1. The van der Waals surface area contributed by atoms with Crippen molar-refractivity contribution in [2.24, 2.45) is 0 Å². The van der Waals surface area contributed by atoms with Gasteiger partial charge in [0.15, 0.2) is 0 Å². The molecule has 1 aliphatic heterocycles. The van der Waals surface area contributed by atoms with E-state index >= 15 is 0 Å². The normalized spacial score (nSPS) is 16.0. The van der Waals surface area contributed by atoms with E-state index in [4.69, 9.17) is 0 Å². The molecule has 0 N–H and O–H groups in total. The summed E-state index contributed by atoms with van der Waals surface area (Å²) in [5, 5.41) is 3.90. The maximum atomic E-state index is 12.4. The number of likely N-dealkylation sites (tertiary alicyclic amines) is 1. The number of carbonyl (C=O) groups excluding carboxylic acids is 1. The molecule has 2 aromatic heterocycles. The predicted molar refractivity (Wildman–Crippen MR) is 97.6 cm³/mol. The van der Waals surface area contributed by atoms with Crippen LogP contribution in [0.25, 0.3) is 0 Å². The van der Waals surface area contributed by atoms with Crippen LogP contribution in [-0.4, -0.2) is 59.0 Å². The summed E-state index contributed by atoms with van der Waals surface area (Å²) in [5.41, 5.74) is 0.823. The summed E-state index contributed by atoms with van der Waals surface area (Å²) >= 11 is 1.58. The van der Waals surface area contributed by atoms with Crippen molar-refractivity contribution < 1.29 is 4.79 Å². The zero-order valence-electron chi connectivity index (χ0n) is 14.5. The van der Waals surface area contributed by atoms with E-state index in [-0.39, 0.29) is 5.91 Å². The molecule has 0 saturated carbocycles. The van der Waals surface area contributed by atoms with Gasteiger partial charge >= 0.3 is 0 Å². The highest BCUT2D eigenvalue weighted by Gasteiger charge is 2.27. The molecule has 1 fully saturated rings. The molecule has 0 aromatic carbocycles. The minimum atomic E-state index is 0.170. The van der Waals surface area contributed by atoms with Crippen LogP contribution in [0.5, 0.6) is 0 Å². The van der Waals surface area contributed by atoms with Crippen molar-refractivity contribution in [3.8, 4) is 0 Å². The highest BCUT2D eigenvalue weighted by molar-refractivity contribution is 7.08. The Morgan fingerprint density at radius 3 is 2.83 bits per heavy atom. The minimum absolute atomic E-state index is 0.170. The van der Waals surface area contributed by atoms with Gasteiger partial charge in [0.05, 0.1) is 5.56 Å². The number of rotatable bonds is 6. The van der Waals surface area contributed by atoms with Gasteiger partial charge in [0, 0.05) is 43.3 Å². The van der Waals surface area contributed by atoms with Crippen LogP contribution in [0.3, 0.4) is 0 Å². The highest BCUT2D eigenvalue weighted by atomic mass is 32.1. The molecule has 1 saturated heterocycles. The largest absolute Gasteiger partial charge is 0.339 e. The molecule has 3 heterocycles. The van der Waals surface area contributed by atoms with E-state index in [1.54, 1.807) is 11.3 Å². The summed E-state index contributed by atoms with van der Waals surface area (Å²) in [4.78, 5) is 21.2. The Balaban J connectivity index is 1.55. The molecular formula is C18H26N4OS. The number of hydrogen-bond acceptors (Lipinski definition) is 4. The second-order valence-corrected chi connectivity index (χ2v) is 7.49. The first-order valence-corrected chi connectivity index (χ1v) is 9.56. The third-order valence-electron chi connectivity index (χ3n) is 4.67. The van der Waals surface area contributed by atoms with Gasteiger partial charge in [-0.15, -0.1) is 0 Å². The Kier molecular flexibility index (Phi) is 5.68. The van der Waals surface area contributed by atoms with Crippen LogP contribution in [0.1, 0.15) is 41.4 Å². The summed E-state index contributed by atoms with van der Waals surface area (Å²) in [5.74, 6) is 1.83. The Morgan fingerprint density at radius 2 is 2.17 bits per heavy atom. The third-order valence-corrected chi connectivity index (χ3v) is 5.35. The number of hydrogen-bond donors (Lipinski definition) is 0. The van der Waals surface area contributed by atoms with Crippen LogP contribution in [0.2, 0.25) is 0 Å². The van der Waals surface area contributed by atoms with Crippen LogP contribution < -0.4 is 0 Å². The van der Waals surface area contributed by atoms with E-state index in [2.05, 4.69) is 34.7 Å². The SMILES string of the molecule is CN(C)CCCn1ccnc1C1CCN(C(=O)c2ccsc2)CC1. The van der Waals surface area contributed by atoms with E-state index in [9.17, 15) is 4.79 Å². The van der Waals surface area contributed by atoms with Gasteiger partial charge in [-0.1, -0.05) is 0 Å². The third kappa shape index (κ3) is 4.05. The zero-order valence-corrected chi connectivity index (χ0v) is 15.3. The second-order valence-electron chi connectivity index (χ2n) is 6.71. The lowest BCUT2D eigenvalue weighted by Crippen LogP contribution is -2.38. The van der Waals surface area contributed by atoms with E-state index in [1.807, 2.05) is 27.9 Å². The van der Waals surface area contributed by atoms with Crippen LogP contribution >= 0.6 is 11.3 Å². The summed E-state index contributed by atoms with van der Waals surface area (Å²) in [6, 6.07) is 1.91. The van der Waals surface area contributed by atoms with Crippen LogP contribution in [0.15, 0.2) is 29.2 Å². The summed E-state index contributed by atoms with van der Waals surface area (Å²) in [7, 11) is 4.21. The average molecular weight is 347 g/mol. The Bertz CT molecular complexity index is 642. The number of thiophene rings is 1. The summed E-state index contributed by atoms with van der Waals surface area (Å²) in [6.07, 6.45) is 7.13. The van der Waals surface area contributed by atoms with Gasteiger partial charge in [-0.25, -0.2) is 4.98 Å². The van der Waals surface area contributed by atoms with Gasteiger partial charge in [0.1, 0.15) is 5.82 Å². The smallest absolute Gasteiger partial charge is 0.254 e. The topological polar surface area (TPSA) is 41.4 Å². The number of piperidine rings is 1. The first kappa shape index (κ1) is 17.2. The van der Waals surface area contributed by atoms with Crippen molar-refractivity contribution in [3.05, 3.63) is 40.6 Å². The van der Waals surface area contributed by atoms with Crippen LogP contribution in [0, 0.1) is 0 Å². The summed E-state index contributed by atoms with van der Waals surface area (Å²) < 4.78 is 2.30. The first-order chi connectivity index (χ1) is 11.6. The van der Waals surface area contributed by atoms with Crippen LogP contribution in [0.4, 0.5) is 0 Å². The molecule has 3 rings (SSSR count). The molecule has 130 valence electrons. The molecule has 1 amide bonds. The Morgan fingerprint density at radius 1 is 1.38 bits per heavy atom. The highest BCUT2D eigenvalue weighted by Crippen LogP contribution is 2.28. The maximum Gasteiger partial charge on any atom is 0.254 e. The molecular weight excluding hydrogens is 320 g/mol. The number of aromatic nitrogens is 2. The fourth-order valence-electron chi connectivity index (χ4n) is 3.34. The van der Waals surface area contributed by atoms with Gasteiger partial charge in [0.2, 0.25) is 0 Å². The molecule has 0 radical (unpaired) electrons. The van der Waals surface area contributed by atoms with E-state index < -0.39 is 0 Å². The molecule has 0 unspecified atom stereocenters. The lowest BCUT2D eigenvalue weighted by atomic mass is 9.95. The molecule has 24 heavy (non-hydrogen) atoms. The van der Waals surface area contributed by atoms with Crippen LogP contribution in [-0.2, 0) is 6.54 Å². The Hall–Kier alpha value is -1.66. The van der Waals surface area contributed by atoms with Crippen molar-refractivity contribution in [1.82, 2.24) is 19.4 Å². The van der Waals surface area contributed by atoms with Crippen molar-refractivity contribution >= 4 is 17.2 Å². The lowest BCUT2D eigenvalue weighted by molar-refractivity contribution is 0.0711.